The lowest BCUT2D eigenvalue weighted by atomic mass is 10.1. The maximum absolute atomic E-state index is 12.1. The molecule has 0 aliphatic heterocycles. The van der Waals surface area contributed by atoms with E-state index in [9.17, 15) is 24.2 Å². The molecule has 60 heavy (non-hydrogen) atoms. The predicted molar refractivity (Wildman–Crippen MR) is 252 cm³/mol. The summed E-state index contributed by atoms with van der Waals surface area (Å²) in [6, 6.07) is 0. The molecule has 0 aromatic carbocycles. The summed E-state index contributed by atoms with van der Waals surface area (Å²) in [5, 5.41) is 12.7. The molecule has 0 fully saturated rings. The molecule has 0 aromatic heterocycles. The van der Waals surface area contributed by atoms with Gasteiger partial charge in [0.25, 0.3) is 0 Å². The largest absolute Gasteiger partial charge is 0.472 e. The van der Waals surface area contributed by atoms with Crippen LogP contribution in [0.5, 0.6) is 0 Å². The Morgan fingerprint density at radius 3 is 1.40 bits per heavy atom. The van der Waals surface area contributed by atoms with Crippen LogP contribution >= 0.6 is 7.82 Å². The highest BCUT2D eigenvalue weighted by Crippen LogP contribution is 2.42. The number of carbonyl (C=O) groups excluding carboxylic acids is 2. The topological polar surface area (TPSA) is 131 Å². The van der Waals surface area contributed by atoms with E-state index in [1.165, 1.54) is 103 Å². The van der Waals surface area contributed by atoms with Crippen molar-refractivity contribution in [3.05, 3.63) is 60.8 Å². The van der Waals surface area contributed by atoms with Gasteiger partial charge < -0.3 is 20.1 Å². The van der Waals surface area contributed by atoms with Crippen molar-refractivity contribution in [3.63, 3.8) is 0 Å². The summed E-state index contributed by atoms with van der Waals surface area (Å²) < 4.78 is 26.9. The Kier molecular flexibility index (Phi) is 44.5. The average molecular weight is 864 g/mol. The molecule has 0 spiro atoms. The third-order valence-electron chi connectivity index (χ3n) is 10.2. The normalized spacial score (nSPS) is 13.7. The summed E-state index contributed by atoms with van der Waals surface area (Å²) in [5.41, 5.74) is 0. The van der Waals surface area contributed by atoms with E-state index in [2.05, 4.69) is 79.9 Å². The Bertz CT molecular complexity index is 1170. The molecule has 10 heteroatoms. The SMILES string of the molecule is CCCCC/C=C\C/C=C\C/C=C\C/C=C\CCCCCCCCCC(=O)NCCOP(=O)(O)OCC(O)COC(=O)CCCCCCC/C=C\CCCCCCCCC. The summed E-state index contributed by atoms with van der Waals surface area (Å²) in [6.07, 6.45) is 55.8. The van der Waals surface area contributed by atoms with Crippen LogP contribution in [0.4, 0.5) is 0 Å². The summed E-state index contributed by atoms with van der Waals surface area (Å²) >= 11 is 0. The number of ether oxygens (including phenoxy) is 1. The van der Waals surface area contributed by atoms with Gasteiger partial charge in [0.15, 0.2) is 0 Å². The number of phosphoric ester groups is 1. The fourth-order valence-corrected chi connectivity index (χ4v) is 7.23. The zero-order valence-corrected chi connectivity index (χ0v) is 39.3. The van der Waals surface area contributed by atoms with E-state index in [-0.39, 0.29) is 32.1 Å². The maximum Gasteiger partial charge on any atom is 0.472 e. The molecular weight excluding hydrogens is 774 g/mol. The molecule has 348 valence electrons. The van der Waals surface area contributed by atoms with Gasteiger partial charge in [0.2, 0.25) is 5.91 Å². The highest BCUT2D eigenvalue weighted by Gasteiger charge is 2.23. The number of rotatable bonds is 45. The lowest BCUT2D eigenvalue weighted by Gasteiger charge is -2.15. The van der Waals surface area contributed by atoms with Crippen LogP contribution in [0.25, 0.3) is 0 Å². The van der Waals surface area contributed by atoms with Gasteiger partial charge in [-0.05, 0) is 83.5 Å². The number of hydrogen-bond acceptors (Lipinski definition) is 7. The van der Waals surface area contributed by atoms with Gasteiger partial charge in [0, 0.05) is 19.4 Å². The van der Waals surface area contributed by atoms with Crippen LogP contribution in [0.2, 0.25) is 0 Å². The molecular formula is C50H90NO8P. The van der Waals surface area contributed by atoms with E-state index in [1.807, 2.05) is 0 Å². The molecule has 0 saturated heterocycles. The standard InChI is InChI=1S/C50H90NO8P/c1-3-5-7-9-11-13-15-17-19-21-22-23-24-25-26-27-28-30-32-34-36-38-40-42-49(53)51-44-45-58-60(55,56)59-47-48(52)46-57-50(54)43-41-39-37-35-33-31-29-20-18-16-14-12-10-8-6-4-2/h11,13,17,19-20,22-23,25-26,29,48,52H,3-10,12,14-16,18,21,24,27-28,30-47H2,1-2H3,(H,51,53)(H,55,56)/b13-11-,19-17-,23-22-,26-25-,29-20-. The van der Waals surface area contributed by atoms with Gasteiger partial charge in [-0.1, -0.05) is 177 Å². The molecule has 0 aliphatic rings. The molecule has 0 bridgehead atoms. The number of nitrogens with one attached hydrogen (secondary N) is 1. The summed E-state index contributed by atoms with van der Waals surface area (Å²) in [5.74, 6) is -0.535. The van der Waals surface area contributed by atoms with Gasteiger partial charge >= 0.3 is 13.8 Å². The van der Waals surface area contributed by atoms with Crippen molar-refractivity contribution < 1.29 is 37.9 Å². The molecule has 2 unspecified atom stereocenters. The molecule has 0 aliphatic carbocycles. The summed E-state index contributed by atoms with van der Waals surface area (Å²) in [6.45, 7) is 3.51. The fourth-order valence-electron chi connectivity index (χ4n) is 6.48. The molecule has 0 heterocycles. The molecule has 0 aromatic rings. The van der Waals surface area contributed by atoms with E-state index in [0.29, 0.717) is 6.42 Å². The fraction of sp³-hybridized carbons (Fsp3) is 0.760. The van der Waals surface area contributed by atoms with Crippen LogP contribution in [-0.2, 0) is 27.9 Å². The number of hydrogen-bond donors (Lipinski definition) is 3. The smallest absolute Gasteiger partial charge is 0.463 e. The minimum Gasteiger partial charge on any atom is -0.463 e. The van der Waals surface area contributed by atoms with Crippen LogP contribution < -0.4 is 5.32 Å². The van der Waals surface area contributed by atoms with Crippen molar-refractivity contribution in [1.82, 2.24) is 5.32 Å². The number of unbranched alkanes of at least 4 members (excludes halogenated alkanes) is 22. The Morgan fingerprint density at radius 2 is 0.900 bits per heavy atom. The average Bonchev–Trinajstić information content (AvgIpc) is 3.23. The summed E-state index contributed by atoms with van der Waals surface area (Å²) in [4.78, 5) is 34.0. The van der Waals surface area contributed by atoms with E-state index < -0.39 is 26.5 Å². The second-order valence-corrected chi connectivity index (χ2v) is 17.5. The minimum atomic E-state index is -4.43. The molecule has 9 nitrogen and oxygen atoms in total. The Labute approximate surface area is 368 Å². The second kappa shape index (κ2) is 46.2. The zero-order valence-electron chi connectivity index (χ0n) is 38.4. The number of carbonyl (C=O) groups is 2. The first-order chi connectivity index (χ1) is 29.3. The molecule has 0 rings (SSSR count). The van der Waals surface area contributed by atoms with Crippen LogP contribution in [0, 0.1) is 0 Å². The van der Waals surface area contributed by atoms with Gasteiger partial charge in [-0.25, -0.2) is 4.57 Å². The second-order valence-electron chi connectivity index (χ2n) is 16.1. The highest BCUT2D eigenvalue weighted by molar-refractivity contribution is 7.47. The van der Waals surface area contributed by atoms with Crippen LogP contribution in [0.1, 0.15) is 213 Å². The van der Waals surface area contributed by atoms with Crippen LogP contribution in [0.3, 0.4) is 0 Å². The first-order valence-corrected chi connectivity index (χ1v) is 25.8. The highest BCUT2D eigenvalue weighted by atomic mass is 31.2. The molecule has 2 atom stereocenters. The van der Waals surface area contributed by atoms with Crippen molar-refractivity contribution in [1.29, 1.82) is 0 Å². The predicted octanol–water partition coefficient (Wildman–Crippen LogP) is 14.1. The van der Waals surface area contributed by atoms with E-state index >= 15 is 0 Å². The lowest BCUT2D eigenvalue weighted by Crippen LogP contribution is -2.27. The number of aliphatic hydroxyl groups is 1. The lowest BCUT2D eigenvalue weighted by molar-refractivity contribution is -0.147. The maximum atomic E-state index is 12.1. The number of aliphatic hydroxyl groups excluding tert-OH is 1. The summed E-state index contributed by atoms with van der Waals surface area (Å²) in [7, 11) is -4.43. The Hall–Kier alpha value is -2.29. The van der Waals surface area contributed by atoms with Gasteiger partial charge in [0.1, 0.15) is 12.7 Å². The van der Waals surface area contributed by atoms with Crippen LogP contribution in [-0.4, -0.2) is 54.3 Å². The Balaban J connectivity index is 3.62. The molecule has 3 N–H and O–H groups in total. The number of allylic oxidation sites excluding steroid dienone is 10. The van der Waals surface area contributed by atoms with Crippen LogP contribution in [0.15, 0.2) is 60.8 Å². The first-order valence-electron chi connectivity index (χ1n) is 24.3. The molecule has 1 amide bonds. The van der Waals surface area contributed by atoms with Crippen molar-refractivity contribution in [3.8, 4) is 0 Å². The number of amides is 1. The van der Waals surface area contributed by atoms with Gasteiger partial charge in [-0.2, -0.15) is 0 Å². The van der Waals surface area contributed by atoms with Gasteiger partial charge in [-0.3, -0.25) is 18.6 Å². The third-order valence-corrected chi connectivity index (χ3v) is 11.2. The minimum absolute atomic E-state index is 0.0722. The van der Waals surface area contributed by atoms with Crippen molar-refractivity contribution in [2.45, 2.75) is 219 Å². The first kappa shape index (κ1) is 57.7. The number of phosphoric acid groups is 1. The van der Waals surface area contributed by atoms with Crippen molar-refractivity contribution >= 4 is 19.7 Å². The van der Waals surface area contributed by atoms with Crippen molar-refractivity contribution in [2.24, 2.45) is 0 Å². The van der Waals surface area contributed by atoms with E-state index in [0.717, 1.165) is 83.5 Å². The Morgan fingerprint density at radius 1 is 0.517 bits per heavy atom. The zero-order chi connectivity index (χ0) is 43.9. The molecule has 0 radical (unpaired) electrons. The molecule has 0 saturated carbocycles. The monoisotopic (exact) mass is 864 g/mol. The van der Waals surface area contributed by atoms with E-state index in [4.69, 9.17) is 13.8 Å². The van der Waals surface area contributed by atoms with Gasteiger partial charge in [-0.15, -0.1) is 0 Å². The van der Waals surface area contributed by atoms with Gasteiger partial charge in [0.05, 0.1) is 13.2 Å². The quantitative estimate of drug-likeness (QED) is 0.0239. The van der Waals surface area contributed by atoms with E-state index in [1.54, 1.807) is 0 Å². The number of esters is 1. The van der Waals surface area contributed by atoms with Crippen molar-refractivity contribution in [2.75, 3.05) is 26.4 Å². The third kappa shape index (κ3) is 46.8.